The van der Waals surface area contributed by atoms with Gasteiger partial charge in [0.25, 0.3) is 0 Å². The van der Waals surface area contributed by atoms with Gasteiger partial charge >= 0.3 is 0 Å². The fraction of sp³-hybridized carbons (Fsp3) is 0.400. The number of nitrogens with zero attached hydrogens (tertiary/aromatic N) is 1. The van der Waals surface area contributed by atoms with Gasteiger partial charge in [-0.1, -0.05) is 0 Å². The zero-order valence-corrected chi connectivity index (χ0v) is 11.3. The summed E-state index contributed by atoms with van der Waals surface area (Å²) >= 11 is 0. The van der Waals surface area contributed by atoms with E-state index in [1.165, 1.54) is 0 Å². The summed E-state index contributed by atoms with van der Waals surface area (Å²) in [6, 6.07) is 6.28. The second-order valence-electron chi connectivity index (χ2n) is 5.20. The highest BCUT2D eigenvalue weighted by Gasteiger charge is 2.25. The van der Waals surface area contributed by atoms with Gasteiger partial charge in [-0.2, -0.15) is 0 Å². The molecular formula is C15H16N2O3. The second-order valence-corrected chi connectivity index (χ2v) is 5.20. The molecule has 4 rings (SSSR count). The van der Waals surface area contributed by atoms with Gasteiger partial charge in [-0.15, -0.1) is 0 Å². The van der Waals surface area contributed by atoms with Crippen molar-refractivity contribution in [2.24, 2.45) is 0 Å². The van der Waals surface area contributed by atoms with Crippen molar-refractivity contribution in [3.63, 3.8) is 0 Å². The maximum Gasteiger partial charge on any atom is 0.231 e. The van der Waals surface area contributed by atoms with Crippen LogP contribution in [0.1, 0.15) is 13.3 Å². The Bertz CT molecular complexity index is 659. The number of nitrogens with one attached hydrogen (secondary N) is 1. The predicted octanol–water partition coefficient (Wildman–Crippen LogP) is 2.55. The monoisotopic (exact) mass is 272 g/mol. The Balaban J connectivity index is 1.75. The zero-order valence-electron chi connectivity index (χ0n) is 11.3. The van der Waals surface area contributed by atoms with Gasteiger partial charge in [-0.05, 0) is 36.9 Å². The molecule has 20 heavy (non-hydrogen) atoms. The van der Waals surface area contributed by atoms with Crippen LogP contribution in [0.5, 0.6) is 11.5 Å². The number of aromatic nitrogens is 1. The maximum absolute atomic E-state index is 5.59. The molecule has 2 aliphatic heterocycles. The lowest BCUT2D eigenvalue weighted by Crippen LogP contribution is -2.27. The van der Waals surface area contributed by atoms with Crippen molar-refractivity contribution >= 4 is 16.6 Å². The van der Waals surface area contributed by atoms with Gasteiger partial charge in [-0.3, -0.25) is 0 Å². The second kappa shape index (κ2) is 4.52. The van der Waals surface area contributed by atoms with E-state index in [9.17, 15) is 0 Å². The first kappa shape index (κ1) is 11.8. The van der Waals surface area contributed by atoms with Gasteiger partial charge in [0.05, 0.1) is 12.1 Å². The van der Waals surface area contributed by atoms with Gasteiger partial charge in [0, 0.05) is 18.2 Å². The van der Waals surface area contributed by atoms with Crippen LogP contribution in [0, 0.1) is 0 Å². The van der Waals surface area contributed by atoms with Gasteiger partial charge in [0.15, 0.2) is 11.5 Å². The van der Waals surface area contributed by atoms with Gasteiger partial charge in [0.1, 0.15) is 5.82 Å². The lowest BCUT2D eigenvalue weighted by Gasteiger charge is -2.18. The number of hydrogen-bond donors (Lipinski definition) is 1. The van der Waals surface area contributed by atoms with Crippen molar-refractivity contribution in [3.05, 3.63) is 24.4 Å². The molecule has 0 amide bonds. The number of hydrogen-bond acceptors (Lipinski definition) is 5. The van der Waals surface area contributed by atoms with E-state index in [-0.39, 0.29) is 12.9 Å². The molecule has 5 nitrogen and oxygen atoms in total. The lowest BCUT2D eigenvalue weighted by atomic mass is 10.1. The Morgan fingerprint density at radius 2 is 2.10 bits per heavy atom. The molecule has 1 N–H and O–H groups in total. The minimum absolute atomic E-state index is 0.209. The molecule has 0 spiro atoms. The molecule has 104 valence electrons. The van der Waals surface area contributed by atoms with Crippen molar-refractivity contribution in [2.75, 3.05) is 18.7 Å². The van der Waals surface area contributed by atoms with Crippen LogP contribution in [0.2, 0.25) is 0 Å². The fourth-order valence-electron chi connectivity index (χ4n) is 2.77. The van der Waals surface area contributed by atoms with Crippen molar-refractivity contribution in [1.82, 2.24) is 4.98 Å². The normalized spacial score (nSPS) is 24.2. The smallest absolute Gasteiger partial charge is 0.231 e. The summed E-state index contributed by atoms with van der Waals surface area (Å²) in [6.45, 7) is 3.18. The highest BCUT2D eigenvalue weighted by atomic mass is 16.7. The molecule has 0 bridgehead atoms. The van der Waals surface area contributed by atoms with Crippen LogP contribution in [0.15, 0.2) is 24.4 Å². The number of ether oxygens (including phenoxy) is 3. The molecule has 3 heterocycles. The third kappa shape index (κ3) is 1.86. The van der Waals surface area contributed by atoms with E-state index in [0.717, 1.165) is 41.1 Å². The van der Waals surface area contributed by atoms with Crippen LogP contribution in [0.4, 0.5) is 5.82 Å². The number of fused-ring (bicyclic) bond motifs is 2. The van der Waals surface area contributed by atoms with Crippen LogP contribution in [0.3, 0.4) is 0 Å². The quantitative estimate of drug-likeness (QED) is 0.910. The first-order chi connectivity index (χ1) is 9.81. The van der Waals surface area contributed by atoms with Crippen LogP contribution < -0.4 is 14.8 Å². The molecule has 0 radical (unpaired) electrons. The summed E-state index contributed by atoms with van der Waals surface area (Å²) in [5.74, 6) is 2.46. The summed E-state index contributed by atoms with van der Waals surface area (Å²) < 4.78 is 16.5. The average Bonchev–Trinajstić information content (AvgIpc) is 3.06. The maximum atomic E-state index is 5.59. The van der Waals surface area contributed by atoms with E-state index in [0.29, 0.717) is 6.04 Å². The number of benzene rings is 1. The Hall–Kier alpha value is -2.01. The minimum Gasteiger partial charge on any atom is -0.454 e. The van der Waals surface area contributed by atoms with E-state index in [1.807, 2.05) is 24.4 Å². The van der Waals surface area contributed by atoms with E-state index in [1.54, 1.807) is 0 Å². The minimum atomic E-state index is 0.209. The highest BCUT2D eigenvalue weighted by molar-refractivity contribution is 5.94. The zero-order chi connectivity index (χ0) is 13.5. The SMILES string of the molecule is CC1OCCC1Nc1nccc2cc3c(cc12)OCO3. The molecule has 2 aromatic rings. The van der Waals surface area contributed by atoms with E-state index >= 15 is 0 Å². The van der Waals surface area contributed by atoms with E-state index in [4.69, 9.17) is 14.2 Å². The van der Waals surface area contributed by atoms with Crippen LogP contribution in [-0.2, 0) is 4.74 Å². The summed E-state index contributed by atoms with van der Waals surface area (Å²) in [4.78, 5) is 4.47. The largest absolute Gasteiger partial charge is 0.454 e. The summed E-state index contributed by atoms with van der Waals surface area (Å²) in [5, 5.41) is 5.64. The highest BCUT2D eigenvalue weighted by Crippen LogP contribution is 2.38. The van der Waals surface area contributed by atoms with Gasteiger partial charge < -0.3 is 19.5 Å². The van der Waals surface area contributed by atoms with Crippen molar-refractivity contribution in [2.45, 2.75) is 25.5 Å². The predicted molar refractivity (Wildman–Crippen MR) is 75.3 cm³/mol. The molecule has 1 aromatic heterocycles. The summed E-state index contributed by atoms with van der Waals surface area (Å²) in [6.07, 6.45) is 3.03. The standard InChI is InChI=1S/C15H16N2O3/c1-9-12(3-5-18-9)17-15-11-7-14-13(19-8-20-14)6-10(11)2-4-16-15/h2,4,6-7,9,12H,3,5,8H2,1H3,(H,16,17). The van der Waals surface area contributed by atoms with Crippen LogP contribution in [0.25, 0.3) is 10.8 Å². The van der Waals surface area contributed by atoms with Crippen LogP contribution >= 0.6 is 0 Å². The molecule has 1 saturated heterocycles. The van der Waals surface area contributed by atoms with Crippen molar-refractivity contribution in [3.8, 4) is 11.5 Å². The van der Waals surface area contributed by atoms with Crippen molar-refractivity contribution < 1.29 is 14.2 Å². The fourth-order valence-corrected chi connectivity index (χ4v) is 2.77. The number of rotatable bonds is 2. The topological polar surface area (TPSA) is 52.6 Å². The number of pyridine rings is 1. The third-order valence-corrected chi connectivity index (χ3v) is 3.96. The molecule has 2 atom stereocenters. The van der Waals surface area contributed by atoms with E-state index < -0.39 is 0 Å². The Morgan fingerprint density at radius 3 is 2.90 bits per heavy atom. The number of anilines is 1. The summed E-state index contributed by atoms with van der Waals surface area (Å²) in [5.41, 5.74) is 0. The first-order valence-corrected chi connectivity index (χ1v) is 6.88. The molecule has 2 unspecified atom stereocenters. The molecular weight excluding hydrogens is 256 g/mol. The van der Waals surface area contributed by atoms with Crippen molar-refractivity contribution in [1.29, 1.82) is 0 Å². The van der Waals surface area contributed by atoms with Gasteiger partial charge in [0.2, 0.25) is 6.79 Å². The molecule has 0 aliphatic carbocycles. The molecule has 5 heteroatoms. The summed E-state index contributed by atoms with van der Waals surface area (Å²) in [7, 11) is 0. The molecule has 2 aliphatic rings. The van der Waals surface area contributed by atoms with Gasteiger partial charge in [-0.25, -0.2) is 4.98 Å². The van der Waals surface area contributed by atoms with Crippen LogP contribution in [-0.4, -0.2) is 30.5 Å². The third-order valence-electron chi connectivity index (χ3n) is 3.96. The first-order valence-electron chi connectivity index (χ1n) is 6.88. The lowest BCUT2D eigenvalue weighted by molar-refractivity contribution is 0.121. The Morgan fingerprint density at radius 1 is 1.25 bits per heavy atom. The molecule has 0 saturated carbocycles. The Labute approximate surface area is 116 Å². The molecule has 1 fully saturated rings. The Kier molecular flexibility index (Phi) is 2.67. The molecule has 1 aromatic carbocycles. The van der Waals surface area contributed by atoms with E-state index in [2.05, 4.69) is 17.2 Å². The average molecular weight is 272 g/mol.